The van der Waals surface area contributed by atoms with Crippen LogP contribution in [0.3, 0.4) is 0 Å². The van der Waals surface area contributed by atoms with Crippen LogP contribution < -0.4 is 0 Å². The van der Waals surface area contributed by atoms with Crippen molar-refractivity contribution in [2.45, 2.75) is 12.5 Å². The van der Waals surface area contributed by atoms with Gasteiger partial charge in [0.25, 0.3) is 5.91 Å². The van der Waals surface area contributed by atoms with E-state index in [2.05, 4.69) is 0 Å². The van der Waals surface area contributed by atoms with Crippen LogP contribution in [0.25, 0.3) is 0 Å². The highest BCUT2D eigenvalue weighted by atomic mass is 16.5. The zero-order valence-electron chi connectivity index (χ0n) is 9.65. The number of methoxy groups -OCH3 is 1. The van der Waals surface area contributed by atoms with Gasteiger partial charge in [-0.05, 0) is 12.5 Å². The molecule has 0 aliphatic rings. The lowest BCUT2D eigenvalue weighted by atomic mass is 9.94. The van der Waals surface area contributed by atoms with E-state index in [-0.39, 0.29) is 5.91 Å². The molecule has 0 radical (unpaired) electrons. The zero-order chi connectivity index (χ0) is 11.5. The van der Waals surface area contributed by atoms with E-state index in [1.54, 1.807) is 28.1 Å². The molecule has 3 nitrogen and oxygen atoms in total. The minimum Gasteiger partial charge on any atom is -0.364 e. The van der Waals surface area contributed by atoms with Gasteiger partial charge >= 0.3 is 0 Å². The predicted molar refractivity (Wildman–Crippen MR) is 59.5 cm³/mol. The molecule has 1 amide bonds. The van der Waals surface area contributed by atoms with Gasteiger partial charge in [-0.3, -0.25) is 4.79 Å². The summed E-state index contributed by atoms with van der Waals surface area (Å²) in [5.74, 6) is -0.0591. The molecule has 0 N–H and O–H groups in total. The van der Waals surface area contributed by atoms with Gasteiger partial charge in [-0.2, -0.15) is 0 Å². The van der Waals surface area contributed by atoms with Gasteiger partial charge in [-0.25, -0.2) is 0 Å². The van der Waals surface area contributed by atoms with E-state index in [9.17, 15) is 4.79 Å². The summed E-state index contributed by atoms with van der Waals surface area (Å²) in [5.41, 5.74) is -0.0312. The van der Waals surface area contributed by atoms with Crippen LogP contribution in [0.1, 0.15) is 12.5 Å². The maximum absolute atomic E-state index is 12.0. The minimum absolute atomic E-state index is 0.0591. The van der Waals surface area contributed by atoms with Gasteiger partial charge in [0.15, 0.2) is 5.60 Å². The van der Waals surface area contributed by atoms with Crippen LogP contribution in [-0.4, -0.2) is 32.0 Å². The Balaban J connectivity index is 3.11. The highest BCUT2D eigenvalue weighted by Gasteiger charge is 2.36. The highest BCUT2D eigenvalue weighted by Crippen LogP contribution is 2.26. The molecule has 3 heteroatoms. The highest BCUT2D eigenvalue weighted by molar-refractivity contribution is 5.85. The van der Waals surface area contributed by atoms with Crippen molar-refractivity contribution in [3.05, 3.63) is 35.9 Å². The second-order valence-corrected chi connectivity index (χ2v) is 3.80. The molecule has 82 valence electrons. The van der Waals surface area contributed by atoms with E-state index in [1.807, 2.05) is 30.3 Å². The number of nitrogens with zero attached hydrogens (tertiary/aromatic N) is 1. The van der Waals surface area contributed by atoms with E-state index in [4.69, 9.17) is 4.74 Å². The molecule has 0 saturated heterocycles. The first-order valence-electron chi connectivity index (χ1n) is 4.85. The summed E-state index contributed by atoms with van der Waals surface area (Å²) >= 11 is 0. The third kappa shape index (κ3) is 2.18. The average molecular weight is 207 g/mol. The Morgan fingerprint density at radius 2 is 1.80 bits per heavy atom. The number of benzene rings is 1. The lowest BCUT2D eigenvalue weighted by molar-refractivity contribution is -0.151. The summed E-state index contributed by atoms with van der Waals surface area (Å²) in [5, 5.41) is 0. The molecule has 15 heavy (non-hydrogen) atoms. The minimum atomic E-state index is -0.898. The van der Waals surface area contributed by atoms with E-state index in [0.717, 1.165) is 5.56 Å². The summed E-state index contributed by atoms with van der Waals surface area (Å²) < 4.78 is 5.36. The van der Waals surface area contributed by atoms with Gasteiger partial charge in [-0.1, -0.05) is 30.3 Å². The molecule has 0 bridgehead atoms. The molecule has 0 unspecified atom stereocenters. The second-order valence-electron chi connectivity index (χ2n) is 3.80. The maximum Gasteiger partial charge on any atom is 0.258 e. The van der Waals surface area contributed by atoms with Crippen LogP contribution in [0.2, 0.25) is 0 Å². The van der Waals surface area contributed by atoms with Gasteiger partial charge in [0.1, 0.15) is 0 Å². The first-order valence-corrected chi connectivity index (χ1v) is 4.85. The van der Waals surface area contributed by atoms with E-state index in [1.165, 1.54) is 4.90 Å². The van der Waals surface area contributed by atoms with Crippen molar-refractivity contribution in [1.82, 2.24) is 4.90 Å². The standard InChI is InChI=1S/C12H17NO2/c1-12(15-4,11(14)13(2)3)10-8-6-5-7-9-10/h5-9H,1-4H3/t12-/m1/s1. The molecule has 1 aromatic carbocycles. The smallest absolute Gasteiger partial charge is 0.258 e. The largest absolute Gasteiger partial charge is 0.364 e. The summed E-state index contributed by atoms with van der Waals surface area (Å²) in [7, 11) is 5.00. The summed E-state index contributed by atoms with van der Waals surface area (Å²) in [4.78, 5) is 13.5. The lowest BCUT2D eigenvalue weighted by Crippen LogP contribution is -2.42. The quantitative estimate of drug-likeness (QED) is 0.754. The normalized spacial score (nSPS) is 14.4. The van der Waals surface area contributed by atoms with E-state index >= 15 is 0 Å². The zero-order valence-corrected chi connectivity index (χ0v) is 9.65. The van der Waals surface area contributed by atoms with E-state index < -0.39 is 5.60 Å². The molecule has 0 aliphatic carbocycles. The summed E-state index contributed by atoms with van der Waals surface area (Å²) in [6.45, 7) is 1.78. The molecule has 0 aliphatic heterocycles. The molecule has 1 rings (SSSR count). The number of likely N-dealkylation sites (N-methyl/N-ethyl adjacent to an activating group) is 1. The Morgan fingerprint density at radius 1 is 1.27 bits per heavy atom. The fourth-order valence-corrected chi connectivity index (χ4v) is 1.51. The van der Waals surface area contributed by atoms with Crippen molar-refractivity contribution in [2.24, 2.45) is 0 Å². The SMILES string of the molecule is CO[C@@](C)(C(=O)N(C)C)c1ccccc1. The third-order valence-corrected chi connectivity index (χ3v) is 2.55. The lowest BCUT2D eigenvalue weighted by Gasteiger charge is -2.30. The Kier molecular flexibility index (Phi) is 3.48. The fourth-order valence-electron chi connectivity index (χ4n) is 1.51. The van der Waals surface area contributed by atoms with Crippen molar-refractivity contribution < 1.29 is 9.53 Å². The van der Waals surface area contributed by atoms with Gasteiger partial charge in [-0.15, -0.1) is 0 Å². The monoisotopic (exact) mass is 207 g/mol. The van der Waals surface area contributed by atoms with Crippen LogP contribution in [0.5, 0.6) is 0 Å². The molecule has 0 spiro atoms. The van der Waals surface area contributed by atoms with Crippen LogP contribution in [0.4, 0.5) is 0 Å². The van der Waals surface area contributed by atoms with Gasteiger partial charge in [0.05, 0.1) is 0 Å². The number of carbonyl (C=O) groups excluding carboxylic acids is 1. The molecular formula is C12H17NO2. The Morgan fingerprint density at radius 3 is 2.20 bits per heavy atom. The molecule has 0 saturated carbocycles. The molecule has 1 atom stereocenters. The van der Waals surface area contributed by atoms with Crippen molar-refractivity contribution >= 4 is 5.91 Å². The maximum atomic E-state index is 12.0. The number of hydrogen-bond donors (Lipinski definition) is 0. The number of rotatable bonds is 3. The Bertz CT molecular complexity index is 335. The third-order valence-electron chi connectivity index (χ3n) is 2.55. The van der Waals surface area contributed by atoms with Crippen LogP contribution in [0, 0.1) is 0 Å². The van der Waals surface area contributed by atoms with Crippen LogP contribution in [0.15, 0.2) is 30.3 Å². The molecule has 1 aromatic rings. The first kappa shape index (κ1) is 11.7. The Hall–Kier alpha value is -1.35. The topological polar surface area (TPSA) is 29.5 Å². The summed E-state index contributed by atoms with van der Waals surface area (Å²) in [6.07, 6.45) is 0. The van der Waals surface area contributed by atoms with Crippen LogP contribution >= 0.6 is 0 Å². The van der Waals surface area contributed by atoms with Crippen LogP contribution in [-0.2, 0) is 15.1 Å². The average Bonchev–Trinajstić information content (AvgIpc) is 2.28. The molecule has 0 aromatic heterocycles. The Labute approximate surface area is 90.7 Å². The molecule has 0 fully saturated rings. The second kappa shape index (κ2) is 4.45. The molecular weight excluding hydrogens is 190 g/mol. The predicted octanol–water partition coefficient (Wildman–Crippen LogP) is 1.64. The fraction of sp³-hybridized carbons (Fsp3) is 0.417. The van der Waals surface area contributed by atoms with Crippen molar-refractivity contribution in [1.29, 1.82) is 0 Å². The van der Waals surface area contributed by atoms with Crippen molar-refractivity contribution in [3.8, 4) is 0 Å². The number of ether oxygens (including phenoxy) is 1. The van der Waals surface area contributed by atoms with Crippen molar-refractivity contribution in [2.75, 3.05) is 21.2 Å². The number of amides is 1. The van der Waals surface area contributed by atoms with Gasteiger partial charge < -0.3 is 9.64 Å². The van der Waals surface area contributed by atoms with Gasteiger partial charge in [0.2, 0.25) is 0 Å². The summed E-state index contributed by atoms with van der Waals surface area (Å²) in [6, 6.07) is 9.50. The van der Waals surface area contributed by atoms with E-state index in [0.29, 0.717) is 0 Å². The first-order chi connectivity index (χ1) is 7.02. The molecule has 0 heterocycles. The number of hydrogen-bond acceptors (Lipinski definition) is 2. The van der Waals surface area contributed by atoms with Crippen molar-refractivity contribution in [3.63, 3.8) is 0 Å². The number of carbonyl (C=O) groups is 1. The van der Waals surface area contributed by atoms with Gasteiger partial charge in [0, 0.05) is 21.2 Å².